The van der Waals surface area contributed by atoms with Gasteiger partial charge in [0.05, 0.1) is 0 Å². The first kappa shape index (κ1) is 16.7. The Morgan fingerprint density at radius 2 is 2.35 bits per heavy atom. The molecule has 1 aromatic rings. The minimum atomic E-state index is -0.704. The van der Waals surface area contributed by atoms with Gasteiger partial charge in [0.1, 0.15) is 6.04 Å². The highest BCUT2D eigenvalue weighted by atomic mass is 16.2. The van der Waals surface area contributed by atoms with Crippen LogP contribution >= 0.6 is 0 Å². The van der Waals surface area contributed by atoms with Gasteiger partial charge < -0.3 is 5.32 Å². The molecule has 0 spiro atoms. The molecule has 0 aliphatic heterocycles. The van der Waals surface area contributed by atoms with E-state index in [1.54, 1.807) is 13.1 Å². The summed E-state index contributed by atoms with van der Waals surface area (Å²) in [5.74, 6) is -0.160. The topological polar surface area (TPSA) is 132 Å². The zero-order valence-electron chi connectivity index (χ0n) is 12.8. The molecule has 9 heteroatoms. The van der Waals surface area contributed by atoms with Gasteiger partial charge in [0.25, 0.3) is 11.5 Å². The van der Waals surface area contributed by atoms with E-state index in [1.807, 2.05) is 4.98 Å². The van der Waals surface area contributed by atoms with Crippen LogP contribution in [0.3, 0.4) is 0 Å². The van der Waals surface area contributed by atoms with E-state index in [9.17, 15) is 14.4 Å². The van der Waals surface area contributed by atoms with Crippen LogP contribution in [0, 0.1) is 5.92 Å². The highest BCUT2D eigenvalue weighted by molar-refractivity contribution is 5.84. The van der Waals surface area contributed by atoms with Gasteiger partial charge in [-0.15, -0.1) is 5.10 Å². The summed E-state index contributed by atoms with van der Waals surface area (Å²) < 4.78 is 0. The fourth-order valence-electron chi connectivity index (χ4n) is 2.20. The number of aromatic amines is 2. The normalized spacial score (nSPS) is 18.7. The van der Waals surface area contributed by atoms with Gasteiger partial charge in [-0.05, 0) is 31.6 Å². The number of nitrogens with zero attached hydrogens (tertiary/aromatic N) is 2. The number of carbonyl (C=O) groups excluding carboxylic acids is 1. The van der Waals surface area contributed by atoms with E-state index in [-0.39, 0.29) is 11.7 Å². The van der Waals surface area contributed by atoms with Crippen molar-refractivity contribution in [3.05, 3.63) is 33.0 Å². The van der Waals surface area contributed by atoms with Crippen molar-refractivity contribution < 1.29 is 4.79 Å². The van der Waals surface area contributed by atoms with Gasteiger partial charge in [-0.3, -0.25) is 14.6 Å². The molecular weight excluding hydrogens is 300 g/mol. The number of rotatable bonds is 6. The number of nitrogens with one attached hydrogen (secondary N) is 4. The van der Waals surface area contributed by atoms with Crippen LogP contribution in [0.5, 0.6) is 0 Å². The summed E-state index contributed by atoms with van der Waals surface area (Å²) in [5.41, 5.74) is 1.08. The summed E-state index contributed by atoms with van der Waals surface area (Å²) in [4.78, 5) is 36.6. The van der Waals surface area contributed by atoms with E-state index in [0.29, 0.717) is 12.3 Å². The first-order valence-corrected chi connectivity index (χ1v) is 7.53. The lowest BCUT2D eigenvalue weighted by molar-refractivity contribution is -0.121. The van der Waals surface area contributed by atoms with Crippen LogP contribution in [0.4, 0.5) is 5.82 Å². The van der Waals surface area contributed by atoms with Crippen molar-refractivity contribution in [2.45, 2.75) is 38.6 Å². The fourth-order valence-corrected chi connectivity index (χ4v) is 2.20. The van der Waals surface area contributed by atoms with E-state index >= 15 is 0 Å². The molecule has 1 aliphatic rings. The summed E-state index contributed by atoms with van der Waals surface area (Å²) >= 11 is 0. The van der Waals surface area contributed by atoms with E-state index in [0.717, 1.165) is 19.3 Å². The first-order valence-electron chi connectivity index (χ1n) is 7.53. The van der Waals surface area contributed by atoms with E-state index in [4.69, 9.17) is 0 Å². The molecule has 1 aromatic heterocycles. The number of aromatic nitrogens is 3. The zero-order valence-corrected chi connectivity index (χ0v) is 12.8. The standard InChI is InChI=1S/C14H20N6O3/c1-2-10(16-11-13(22)17-14(23)20-18-11)12(21)19-15-8-9-6-4-3-5-7-9/h3-4,8-10H,2,5-7H2,1H3,(H,16,18)(H,19,21)(H2,17,20,22,23)/b15-8-/t9-,10+/m0/s1. The predicted molar refractivity (Wildman–Crippen MR) is 86.3 cm³/mol. The van der Waals surface area contributed by atoms with Crippen molar-refractivity contribution in [3.63, 3.8) is 0 Å². The monoisotopic (exact) mass is 320 g/mol. The lowest BCUT2D eigenvalue weighted by Gasteiger charge is -2.15. The van der Waals surface area contributed by atoms with Crippen molar-refractivity contribution in [3.8, 4) is 0 Å². The van der Waals surface area contributed by atoms with Gasteiger partial charge in [-0.25, -0.2) is 15.3 Å². The summed E-state index contributed by atoms with van der Waals surface area (Å²) in [6.07, 6.45) is 9.35. The van der Waals surface area contributed by atoms with Crippen LogP contribution in [0.25, 0.3) is 0 Å². The molecule has 0 saturated heterocycles. The third-order valence-electron chi connectivity index (χ3n) is 3.52. The fraction of sp³-hybridized carbons (Fsp3) is 0.500. The van der Waals surface area contributed by atoms with Crippen LogP contribution in [0.2, 0.25) is 0 Å². The summed E-state index contributed by atoms with van der Waals surface area (Å²) in [5, 5.41) is 12.4. The van der Waals surface area contributed by atoms with Gasteiger partial charge in [0, 0.05) is 6.21 Å². The van der Waals surface area contributed by atoms with E-state index < -0.39 is 17.3 Å². The van der Waals surface area contributed by atoms with Crippen molar-refractivity contribution in [1.29, 1.82) is 0 Å². The third kappa shape index (κ3) is 4.90. The van der Waals surface area contributed by atoms with Gasteiger partial charge in [0.15, 0.2) is 0 Å². The Morgan fingerprint density at radius 3 is 3.00 bits per heavy atom. The molecule has 0 aromatic carbocycles. The Bertz CT molecular complexity index is 705. The van der Waals surface area contributed by atoms with Crippen LogP contribution in [0.1, 0.15) is 32.6 Å². The minimum absolute atomic E-state index is 0.118. The Kier molecular flexibility index (Phi) is 5.84. The number of H-pyrrole nitrogens is 2. The quantitative estimate of drug-likeness (QED) is 0.335. The molecule has 1 aliphatic carbocycles. The number of carbonyl (C=O) groups is 1. The number of allylic oxidation sites excluding steroid dienone is 2. The van der Waals surface area contributed by atoms with Crippen LogP contribution < -0.4 is 22.0 Å². The van der Waals surface area contributed by atoms with Gasteiger partial charge in [-0.1, -0.05) is 19.1 Å². The first-order chi connectivity index (χ1) is 11.1. The van der Waals surface area contributed by atoms with Gasteiger partial charge in [-0.2, -0.15) is 5.10 Å². The van der Waals surface area contributed by atoms with Crippen LogP contribution in [0.15, 0.2) is 26.8 Å². The van der Waals surface area contributed by atoms with E-state index in [1.165, 1.54) is 0 Å². The van der Waals surface area contributed by atoms with E-state index in [2.05, 4.69) is 38.2 Å². The summed E-state index contributed by atoms with van der Waals surface area (Å²) in [7, 11) is 0. The summed E-state index contributed by atoms with van der Waals surface area (Å²) in [6.45, 7) is 1.78. The molecule has 0 unspecified atom stereocenters. The molecule has 0 bridgehead atoms. The maximum absolute atomic E-state index is 12.1. The molecule has 9 nitrogen and oxygen atoms in total. The molecule has 0 saturated carbocycles. The number of hydrazone groups is 1. The molecule has 1 heterocycles. The van der Waals surface area contributed by atoms with Gasteiger partial charge >= 0.3 is 5.69 Å². The average molecular weight is 320 g/mol. The highest BCUT2D eigenvalue weighted by Crippen LogP contribution is 2.15. The van der Waals surface area contributed by atoms with Crippen molar-refractivity contribution in [1.82, 2.24) is 20.6 Å². The summed E-state index contributed by atoms with van der Waals surface area (Å²) in [6, 6.07) is -0.682. The predicted octanol–water partition coefficient (Wildman–Crippen LogP) is 0.107. The minimum Gasteiger partial charge on any atom is -0.352 e. The van der Waals surface area contributed by atoms with Crippen molar-refractivity contribution in [2.24, 2.45) is 11.0 Å². The lowest BCUT2D eigenvalue weighted by atomic mass is 9.96. The second-order valence-corrected chi connectivity index (χ2v) is 5.26. The highest BCUT2D eigenvalue weighted by Gasteiger charge is 2.18. The molecule has 124 valence electrons. The SMILES string of the molecule is CC[C@@H](Nc1n[nH]c(=O)[nH]c1=O)C(=O)N/N=C\[C@H]1CC=CCC1. The molecule has 2 atom stereocenters. The van der Waals surface area contributed by atoms with Crippen molar-refractivity contribution >= 4 is 17.9 Å². The average Bonchev–Trinajstić information content (AvgIpc) is 2.55. The lowest BCUT2D eigenvalue weighted by Crippen LogP contribution is -2.39. The molecule has 23 heavy (non-hydrogen) atoms. The largest absolute Gasteiger partial charge is 0.352 e. The third-order valence-corrected chi connectivity index (χ3v) is 3.52. The maximum atomic E-state index is 12.1. The second kappa shape index (κ2) is 8.06. The number of anilines is 1. The van der Waals surface area contributed by atoms with Gasteiger partial charge in [0.2, 0.25) is 5.82 Å². The molecule has 0 radical (unpaired) electrons. The number of hydrogen-bond acceptors (Lipinski definition) is 6. The molecule has 1 amide bonds. The molecule has 4 N–H and O–H groups in total. The number of amides is 1. The second-order valence-electron chi connectivity index (χ2n) is 5.26. The Hall–Kier alpha value is -2.71. The van der Waals surface area contributed by atoms with Crippen molar-refractivity contribution in [2.75, 3.05) is 5.32 Å². The molecule has 2 rings (SSSR count). The Morgan fingerprint density at radius 1 is 1.52 bits per heavy atom. The smallest absolute Gasteiger partial charge is 0.342 e. The molecular formula is C14H20N6O3. The Labute approximate surface area is 132 Å². The van der Waals surface area contributed by atoms with Crippen LogP contribution in [-0.2, 0) is 4.79 Å². The maximum Gasteiger partial charge on any atom is 0.342 e. The zero-order chi connectivity index (χ0) is 16.7. The number of hydrogen-bond donors (Lipinski definition) is 4. The Balaban J connectivity index is 1.92. The van der Waals surface area contributed by atoms with Crippen LogP contribution in [-0.4, -0.2) is 33.3 Å². The molecule has 0 fully saturated rings.